The number of aromatic nitrogens is 1. The average Bonchev–Trinajstić information content (AvgIpc) is 3.02. The number of hydrogen-bond donors (Lipinski definition) is 0. The molecule has 40 heavy (non-hydrogen) atoms. The van der Waals surface area contributed by atoms with E-state index in [1.165, 1.54) is 55.6 Å². The van der Waals surface area contributed by atoms with E-state index in [9.17, 15) is 0 Å². The largest absolute Gasteiger partial charge is 0.348 e. The molecule has 2 nitrogen and oxygen atoms in total. The molecule has 0 spiro atoms. The second kappa shape index (κ2) is 11.8. The molecule has 1 aromatic heterocycles. The summed E-state index contributed by atoms with van der Waals surface area (Å²) in [6, 6.07) is 30.6. The number of aryl methyl sites for hydroxylation is 1. The van der Waals surface area contributed by atoms with E-state index in [0.29, 0.717) is 0 Å². The Kier molecular flexibility index (Phi) is 7.59. The van der Waals surface area contributed by atoms with Crippen LogP contribution in [0, 0.1) is 0 Å². The van der Waals surface area contributed by atoms with E-state index in [2.05, 4.69) is 151 Å². The maximum Gasteiger partial charge on any atom is 0.213 e. The fraction of sp³-hybridized carbons (Fsp3) is 0.184. The van der Waals surface area contributed by atoms with Crippen LogP contribution < -0.4 is 9.47 Å². The van der Waals surface area contributed by atoms with Crippen molar-refractivity contribution in [3.63, 3.8) is 0 Å². The van der Waals surface area contributed by atoms with Crippen molar-refractivity contribution in [1.82, 2.24) is 0 Å². The van der Waals surface area contributed by atoms with Crippen molar-refractivity contribution in [2.45, 2.75) is 39.7 Å². The predicted octanol–water partition coefficient (Wildman–Crippen LogP) is 9.16. The number of rotatable bonds is 6. The van der Waals surface area contributed by atoms with Crippen molar-refractivity contribution in [3.05, 3.63) is 149 Å². The Morgan fingerprint density at radius 1 is 0.800 bits per heavy atom. The van der Waals surface area contributed by atoms with Crippen LogP contribution in [-0.4, -0.2) is 6.54 Å². The van der Waals surface area contributed by atoms with Gasteiger partial charge in [-0.15, -0.1) is 0 Å². The van der Waals surface area contributed by atoms with Crippen LogP contribution in [0.15, 0.2) is 133 Å². The zero-order valence-corrected chi connectivity index (χ0v) is 23.6. The van der Waals surface area contributed by atoms with E-state index in [1.807, 2.05) is 0 Å². The van der Waals surface area contributed by atoms with Gasteiger partial charge < -0.3 is 4.90 Å². The van der Waals surface area contributed by atoms with Gasteiger partial charge in [-0.05, 0) is 84.7 Å². The maximum absolute atomic E-state index is 2.37. The maximum atomic E-state index is 2.37. The van der Waals surface area contributed by atoms with Gasteiger partial charge in [0.15, 0.2) is 6.20 Å². The Hall–Kier alpha value is -4.43. The van der Waals surface area contributed by atoms with Crippen LogP contribution in [0.3, 0.4) is 0 Å². The minimum atomic E-state index is 0.966. The number of anilines is 1. The molecule has 4 aromatic rings. The highest BCUT2D eigenvalue weighted by molar-refractivity contribution is 5.90. The number of pyridine rings is 1. The number of allylic oxidation sites excluding steroid dienone is 8. The number of para-hydroxylation sites is 2. The van der Waals surface area contributed by atoms with Gasteiger partial charge in [0, 0.05) is 36.1 Å². The first-order valence-corrected chi connectivity index (χ1v) is 14.6. The van der Waals surface area contributed by atoms with E-state index in [4.69, 9.17) is 0 Å². The van der Waals surface area contributed by atoms with Crippen LogP contribution in [0.1, 0.15) is 49.8 Å². The molecule has 0 atom stereocenters. The molecule has 2 heteroatoms. The Morgan fingerprint density at radius 2 is 1.60 bits per heavy atom. The normalized spacial score (nSPS) is 17.4. The third-order valence-electron chi connectivity index (χ3n) is 8.12. The van der Waals surface area contributed by atoms with Gasteiger partial charge >= 0.3 is 0 Å². The summed E-state index contributed by atoms with van der Waals surface area (Å²) in [5.41, 5.74) is 11.9. The summed E-state index contributed by atoms with van der Waals surface area (Å²) in [4.78, 5) is 2.31. The van der Waals surface area contributed by atoms with Gasteiger partial charge in [0.2, 0.25) is 5.52 Å². The second-order valence-electron chi connectivity index (χ2n) is 10.5. The van der Waals surface area contributed by atoms with Gasteiger partial charge in [0.1, 0.15) is 6.54 Å². The number of hydrogen-bond acceptors (Lipinski definition) is 1. The molecule has 1 aliphatic heterocycles. The average molecular weight is 522 g/mol. The second-order valence-corrected chi connectivity index (χ2v) is 10.5. The first kappa shape index (κ1) is 25.8. The molecule has 3 aromatic carbocycles. The summed E-state index contributed by atoms with van der Waals surface area (Å²) in [7, 11) is 0. The molecule has 1 aliphatic carbocycles. The molecular formula is C38H37N2+. The van der Waals surface area contributed by atoms with Crippen LogP contribution in [0.2, 0.25) is 0 Å². The smallest absolute Gasteiger partial charge is 0.213 e. The summed E-state index contributed by atoms with van der Waals surface area (Å²) in [5, 5.41) is 1.30. The van der Waals surface area contributed by atoms with Gasteiger partial charge in [0.25, 0.3) is 0 Å². The molecule has 198 valence electrons. The zero-order chi connectivity index (χ0) is 27.3. The highest BCUT2D eigenvalue weighted by Crippen LogP contribution is 2.39. The van der Waals surface area contributed by atoms with E-state index >= 15 is 0 Å². The lowest BCUT2D eigenvalue weighted by molar-refractivity contribution is -0.667. The molecule has 0 unspecified atom stereocenters. The van der Waals surface area contributed by atoms with Gasteiger partial charge in [-0.3, -0.25) is 0 Å². The van der Waals surface area contributed by atoms with Gasteiger partial charge in [-0.2, -0.15) is 4.57 Å². The first-order valence-electron chi connectivity index (χ1n) is 14.6. The van der Waals surface area contributed by atoms with Crippen LogP contribution in [0.25, 0.3) is 28.1 Å². The molecule has 0 bridgehead atoms. The van der Waals surface area contributed by atoms with Crippen LogP contribution >= 0.6 is 0 Å². The van der Waals surface area contributed by atoms with Crippen molar-refractivity contribution in [3.8, 4) is 0 Å². The first-order chi connectivity index (χ1) is 19.8. The third kappa shape index (κ3) is 5.10. The lowest BCUT2D eigenvalue weighted by Gasteiger charge is -2.26. The fourth-order valence-electron chi connectivity index (χ4n) is 6.07. The van der Waals surface area contributed by atoms with Crippen LogP contribution in [-0.2, 0) is 6.54 Å². The third-order valence-corrected chi connectivity index (χ3v) is 8.12. The number of fused-ring (bicyclic) bond motifs is 2. The Balaban J connectivity index is 1.43. The molecule has 2 heterocycles. The highest BCUT2D eigenvalue weighted by atomic mass is 15.1. The fourth-order valence-corrected chi connectivity index (χ4v) is 6.07. The molecular weight excluding hydrogens is 484 g/mol. The molecule has 0 fully saturated rings. The van der Waals surface area contributed by atoms with Crippen LogP contribution in [0.5, 0.6) is 0 Å². The molecule has 0 N–H and O–H groups in total. The lowest BCUT2D eigenvalue weighted by Crippen LogP contribution is -2.32. The summed E-state index contributed by atoms with van der Waals surface area (Å²) < 4.78 is 2.31. The van der Waals surface area contributed by atoms with Gasteiger partial charge in [-0.1, -0.05) is 85.0 Å². The van der Waals surface area contributed by atoms with Crippen molar-refractivity contribution < 1.29 is 4.57 Å². The summed E-state index contributed by atoms with van der Waals surface area (Å²) in [6.07, 6.45) is 19.4. The molecule has 2 aliphatic rings. The van der Waals surface area contributed by atoms with Crippen molar-refractivity contribution in [2.75, 3.05) is 11.4 Å². The summed E-state index contributed by atoms with van der Waals surface area (Å²) >= 11 is 0. The Morgan fingerprint density at radius 3 is 2.45 bits per heavy atom. The molecule has 0 amide bonds. The SMILES string of the molecule is CCN1C=CC(=CC=C2CCCC(C=Cc3cc[n+](CC)c4ccccc34)=C2c2ccccc2)c2ccccc21. The molecule has 0 saturated carbocycles. The van der Waals surface area contributed by atoms with Crippen molar-refractivity contribution in [2.24, 2.45) is 0 Å². The minimum Gasteiger partial charge on any atom is -0.348 e. The zero-order valence-electron chi connectivity index (χ0n) is 23.6. The van der Waals surface area contributed by atoms with Crippen molar-refractivity contribution >= 4 is 33.8 Å². The Labute approximate surface area is 238 Å². The van der Waals surface area contributed by atoms with E-state index in [1.54, 1.807) is 0 Å². The van der Waals surface area contributed by atoms with Gasteiger partial charge in [0.05, 0.1) is 5.39 Å². The highest BCUT2D eigenvalue weighted by Gasteiger charge is 2.19. The summed E-state index contributed by atoms with van der Waals surface area (Å²) in [5.74, 6) is 0. The van der Waals surface area contributed by atoms with Crippen LogP contribution in [0.4, 0.5) is 5.69 Å². The minimum absolute atomic E-state index is 0.966. The van der Waals surface area contributed by atoms with Crippen molar-refractivity contribution in [1.29, 1.82) is 0 Å². The lowest BCUT2D eigenvalue weighted by atomic mass is 9.82. The number of nitrogens with zero attached hydrogens (tertiary/aromatic N) is 2. The van der Waals surface area contributed by atoms with E-state index in [-0.39, 0.29) is 0 Å². The Bertz CT molecular complexity index is 1680. The quantitative estimate of drug-likeness (QED) is 0.229. The summed E-state index contributed by atoms with van der Waals surface area (Å²) in [6.45, 7) is 6.33. The van der Waals surface area contributed by atoms with E-state index in [0.717, 1.165) is 32.4 Å². The molecule has 6 rings (SSSR count). The topological polar surface area (TPSA) is 7.12 Å². The standard InChI is InChI=1S/C38H37N2/c1-3-39-27-25-29(34-17-8-10-19-36(34)39)21-23-32-15-12-16-33(38(32)31-13-6-5-7-14-31)24-22-30-26-28-40(4-2)37-20-11-9-18-35(30)37/h5-11,13-14,17-28H,3-4,12,15-16H2,1-2H3/q+1. The molecule has 0 radical (unpaired) electrons. The predicted molar refractivity (Wildman–Crippen MR) is 171 cm³/mol. The molecule has 0 saturated heterocycles. The van der Waals surface area contributed by atoms with Gasteiger partial charge in [-0.25, -0.2) is 0 Å². The monoisotopic (exact) mass is 521 g/mol. The van der Waals surface area contributed by atoms with E-state index < -0.39 is 0 Å². The number of benzene rings is 3.